The first-order chi connectivity index (χ1) is 15.5. The van der Waals surface area contributed by atoms with E-state index in [0.717, 1.165) is 15.6 Å². The third-order valence-corrected chi connectivity index (χ3v) is 5.75. The van der Waals surface area contributed by atoms with Crippen LogP contribution in [0, 0.1) is 5.95 Å². The molecule has 0 fully saturated rings. The van der Waals surface area contributed by atoms with Gasteiger partial charge in [0.05, 0.1) is 11.9 Å². The molecule has 1 spiro atoms. The third-order valence-electron chi connectivity index (χ3n) is 5.32. The summed E-state index contributed by atoms with van der Waals surface area (Å²) in [5, 5.41) is 0. The van der Waals surface area contributed by atoms with E-state index in [1.165, 1.54) is 6.20 Å². The Morgan fingerprint density at radius 2 is 2.06 bits per heavy atom. The van der Waals surface area contributed by atoms with Crippen molar-refractivity contribution in [1.82, 2.24) is 14.9 Å². The second-order valence-electron chi connectivity index (χ2n) is 7.71. The van der Waals surface area contributed by atoms with Gasteiger partial charge in [0.1, 0.15) is 5.75 Å². The fourth-order valence-corrected chi connectivity index (χ4v) is 4.24. The van der Waals surface area contributed by atoms with Crippen LogP contribution in [0.3, 0.4) is 0 Å². The lowest BCUT2D eigenvalue weighted by Gasteiger charge is -2.41. The molecule has 9 heteroatoms. The van der Waals surface area contributed by atoms with Crippen LogP contribution in [0.25, 0.3) is 11.1 Å². The molecule has 162 valence electrons. The first-order valence-corrected chi connectivity index (χ1v) is 10.8. The number of ether oxygens (including phenoxy) is 2. The maximum atomic E-state index is 14.4. The van der Waals surface area contributed by atoms with Gasteiger partial charge in [0.2, 0.25) is 11.8 Å². The van der Waals surface area contributed by atoms with E-state index in [1.54, 1.807) is 35.6 Å². The van der Waals surface area contributed by atoms with Crippen LogP contribution >= 0.6 is 15.9 Å². The fourth-order valence-electron chi connectivity index (χ4n) is 3.91. The molecule has 1 atom stereocenters. The van der Waals surface area contributed by atoms with Crippen molar-refractivity contribution in [2.24, 2.45) is 9.98 Å². The van der Waals surface area contributed by atoms with Gasteiger partial charge in [0.25, 0.3) is 0 Å². The van der Waals surface area contributed by atoms with Gasteiger partial charge in [-0.3, -0.25) is 0 Å². The highest BCUT2D eigenvalue weighted by molar-refractivity contribution is 9.10. The standard InChI is InChI=1S/C23H19BrFN5O2/c1-30(2)13-29-22-27-9-7-23(32-22)17-10-14(16-4-3-8-26-20(16)25)5-6-19(17)31-21-18(23)11-15(24)12-28-21/h3-6,8,10-13H,7,9H2,1-2H3/t23-/m1/s1. The highest BCUT2D eigenvalue weighted by atomic mass is 79.9. The Labute approximate surface area is 192 Å². The zero-order valence-electron chi connectivity index (χ0n) is 17.4. The number of nitrogens with zero attached hydrogens (tertiary/aromatic N) is 5. The molecule has 0 amide bonds. The maximum Gasteiger partial charge on any atom is 0.314 e. The van der Waals surface area contributed by atoms with Crippen LogP contribution in [-0.2, 0) is 10.3 Å². The van der Waals surface area contributed by atoms with Crippen LogP contribution < -0.4 is 4.74 Å². The molecule has 1 aromatic carbocycles. The second kappa shape index (κ2) is 7.98. The number of rotatable bonds is 2. The predicted octanol–water partition coefficient (Wildman–Crippen LogP) is 4.76. The normalized spacial score (nSPS) is 19.1. The number of aromatic nitrogens is 2. The summed E-state index contributed by atoms with van der Waals surface area (Å²) in [7, 11) is 3.74. The van der Waals surface area contributed by atoms with E-state index < -0.39 is 11.5 Å². The number of halogens is 2. The van der Waals surface area contributed by atoms with Gasteiger partial charge in [-0.15, -0.1) is 0 Å². The largest absolute Gasteiger partial charge is 0.447 e. The molecule has 7 nitrogen and oxygen atoms in total. The Hall–Kier alpha value is -3.33. The smallest absolute Gasteiger partial charge is 0.314 e. The van der Waals surface area contributed by atoms with Crippen molar-refractivity contribution in [3.05, 3.63) is 70.3 Å². The van der Waals surface area contributed by atoms with Crippen LogP contribution in [0.1, 0.15) is 17.5 Å². The molecule has 0 radical (unpaired) electrons. The molecule has 0 N–H and O–H groups in total. The minimum atomic E-state index is -0.935. The lowest BCUT2D eigenvalue weighted by molar-refractivity contribution is 0.0628. The van der Waals surface area contributed by atoms with E-state index in [-0.39, 0.29) is 6.02 Å². The quantitative estimate of drug-likeness (QED) is 0.291. The van der Waals surface area contributed by atoms with Crippen molar-refractivity contribution >= 4 is 28.3 Å². The minimum absolute atomic E-state index is 0.265. The molecule has 2 aliphatic heterocycles. The molecule has 0 saturated heterocycles. The van der Waals surface area contributed by atoms with Crippen LogP contribution in [0.5, 0.6) is 11.6 Å². The molecule has 2 aromatic heterocycles. The van der Waals surface area contributed by atoms with Crippen LogP contribution in [-0.4, -0.2) is 47.9 Å². The Kier molecular flexibility index (Phi) is 5.13. The maximum absolute atomic E-state index is 14.4. The van der Waals surface area contributed by atoms with Crippen molar-refractivity contribution < 1.29 is 13.9 Å². The van der Waals surface area contributed by atoms with E-state index in [4.69, 9.17) is 9.47 Å². The summed E-state index contributed by atoms with van der Waals surface area (Å²) in [6.45, 7) is 0.497. The molecule has 32 heavy (non-hydrogen) atoms. The van der Waals surface area contributed by atoms with Crippen LogP contribution in [0.15, 0.2) is 63.2 Å². The van der Waals surface area contributed by atoms with Crippen LogP contribution in [0.2, 0.25) is 0 Å². The van der Waals surface area contributed by atoms with Gasteiger partial charge in [-0.05, 0) is 51.8 Å². The summed E-state index contributed by atoms with van der Waals surface area (Å²) in [6.07, 6.45) is 5.30. The Morgan fingerprint density at radius 3 is 2.88 bits per heavy atom. The van der Waals surface area contributed by atoms with E-state index >= 15 is 0 Å². The molecule has 2 aliphatic rings. The van der Waals surface area contributed by atoms with Gasteiger partial charge < -0.3 is 14.4 Å². The molecule has 0 saturated carbocycles. The van der Waals surface area contributed by atoms with Crippen molar-refractivity contribution in [3.8, 4) is 22.8 Å². The summed E-state index contributed by atoms with van der Waals surface area (Å²) >= 11 is 3.51. The number of amidine groups is 1. The molecule has 0 bridgehead atoms. The lowest BCUT2D eigenvalue weighted by Crippen LogP contribution is -2.40. The van der Waals surface area contributed by atoms with Crippen molar-refractivity contribution in [2.45, 2.75) is 12.0 Å². The monoisotopic (exact) mass is 495 g/mol. The van der Waals surface area contributed by atoms with Crippen LogP contribution in [0.4, 0.5) is 4.39 Å². The number of pyridine rings is 2. The van der Waals surface area contributed by atoms with Crippen molar-refractivity contribution in [1.29, 1.82) is 0 Å². The topological polar surface area (TPSA) is 72.2 Å². The molecule has 5 rings (SSSR count). The van der Waals surface area contributed by atoms with Gasteiger partial charge in [-0.1, -0.05) is 6.07 Å². The first kappa shape index (κ1) is 20.6. The Balaban J connectivity index is 1.69. The molecule has 3 aromatic rings. The number of hydrogen-bond acceptors (Lipinski definition) is 6. The van der Waals surface area contributed by atoms with Gasteiger partial charge in [0, 0.05) is 55.1 Å². The first-order valence-electron chi connectivity index (χ1n) is 10.00. The summed E-state index contributed by atoms with van der Waals surface area (Å²) < 4.78 is 27.8. The predicted molar refractivity (Wildman–Crippen MR) is 123 cm³/mol. The molecule has 0 aliphatic carbocycles. The van der Waals surface area contributed by atoms with E-state index in [9.17, 15) is 4.39 Å². The fraction of sp³-hybridized carbons (Fsp3) is 0.217. The Morgan fingerprint density at radius 1 is 1.19 bits per heavy atom. The zero-order chi connectivity index (χ0) is 22.3. The highest BCUT2D eigenvalue weighted by Gasteiger charge is 2.47. The summed E-state index contributed by atoms with van der Waals surface area (Å²) in [6, 6.07) is 11.1. The number of aliphatic imine (C=N–C) groups is 2. The third kappa shape index (κ3) is 3.52. The average molecular weight is 496 g/mol. The van der Waals surface area contributed by atoms with Crippen molar-refractivity contribution in [2.75, 3.05) is 20.6 Å². The minimum Gasteiger partial charge on any atom is -0.447 e. The van der Waals surface area contributed by atoms with E-state index in [0.29, 0.717) is 35.7 Å². The zero-order valence-corrected chi connectivity index (χ0v) is 19.0. The van der Waals surface area contributed by atoms with E-state index in [2.05, 4.69) is 35.9 Å². The summed E-state index contributed by atoms with van der Waals surface area (Å²) in [5.41, 5.74) is 1.66. The molecular weight excluding hydrogens is 477 g/mol. The Bertz CT molecular complexity index is 1260. The summed E-state index contributed by atoms with van der Waals surface area (Å²) in [5.74, 6) is 0.516. The molecule has 4 heterocycles. The lowest BCUT2D eigenvalue weighted by atomic mass is 9.80. The highest BCUT2D eigenvalue weighted by Crippen LogP contribution is 2.52. The SMILES string of the molecule is CN(C)C=NC1=NCC[C@@]2(O1)c1cc(-c3cccnc3F)ccc1Oc1ncc(Br)cc12. The van der Waals surface area contributed by atoms with Gasteiger partial charge in [-0.25, -0.2) is 15.0 Å². The van der Waals surface area contributed by atoms with Crippen molar-refractivity contribution in [3.63, 3.8) is 0 Å². The van der Waals surface area contributed by atoms with Gasteiger partial charge in [-0.2, -0.15) is 9.38 Å². The molecular formula is C23H19BrFN5O2. The number of benzene rings is 1. The molecule has 0 unspecified atom stereocenters. The second-order valence-corrected chi connectivity index (χ2v) is 8.63. The number of hydrogen-bond donors (Lipinski definition) is 0. The van der Waals surface area contributed by atoms with E-state index in [1.807, 2.05) is 32.3 Å². The van der Waals surface area contributed by atoms with Gasteiger partial charge >= 0.3 is 6.02 Å². The van der Waals surface area contributed by atoms with Gasteiger partial charge in [0.15, 0.2) is 5.60 Å². The number of fused-ring (bicyclic) bond motifs is 4. The average Bonchev–Trinajstić information content (AvgIpc) is 2.79. The summed E-state index contributed by atoms with van der Waals surface area (Å²) in [4.78, 5) is 18.9.